The molecule has 5 nitrogen and oxygen atoms in total. The zero-order chi connectivity index (χ0) is 21.5. The summed E-state index contributed by atoms with van der Waals surface area (Å²) in [6, 6.07) is 27.9. The Labute approximate surface area is 184 Å². The van der Waals surface area contributed by atoms with Crippen LogP contribution in [0.5, 0.6) is 5.75 Å². The minimum atomic E-state index is -0.329. The van der Waals surface area contributed by atoms with Gasteiger partial charge in [-0.2, -0.15) is 0 Å². The standard InChI is InChI=1S/C26H29N3O2/c1-31-24-14-8-13-23(19-24)28-26(30)25(20-9-4-2-5-10-20)29-17-15-22(16-18-29)27-21-11-6-3-7-12-21/h2-14,19,22,25,27H,15-18H2,1H3,(H,28,30). The molecule has 1 unspecified atom stereocenters. The van der Waals surface area contributed by atoms with Gasteiger partial charge in [0.25, 0.3) is 0 Å². The highest BCUT2D eigenvalue weighted by atomic mass is 16.5. The molecular formula is C26H29N3O2. The molecule has 4 rings (SSSR count). The van der Waals surface area contributed by atoms with Crippen LogP contribution >= 0.6 is 0 Å². The Morgan fingerprint density at radius 2 is 1.55 bits per heavy atom. The van der Waals surface area contributed by atoms with E-state index in [-0.39, 0.29) is 11.9 Å². The van der Waals surface area contributed by atoms with Crippen molar-refractivity contribution >= 4 is 17.3 Å². The van der Waals surface area contributed by atoms with Gasteiger partial charge in [0.2, 0.25) is 5.91 Å². The second kappa shape index (κ2) is 10.1. The van der Waals surface area contributed by atoms with E-state index in [1.165, 1.54) is 0 Å². The molecule has 0 saturated carbocycles. The normalized spacial score (nSPS) is 15.8. The van der Waals surface area contributed by atoms with Crippen molar-refractivity contribution in [2.75, 3.05) is 30.8 Å². The van der Waals surface area contributed by atoms with E-state index in [4.69, 9.17) is 4.74 Å². The number of benzene rings is 3. The van der Waals surface area contributed by atoms with E-state index in [2.05, 4.69) is 27.7 Å². The summed E-state index contributed by atoms with van der Waals surface area (Å²) in [4.78, 5) is 15.7. The van der Waals surface area contributed by atoms with E-state index in [1.54, 1.807) is 7.11 Å². The van der Waals surface area contributed by atoms with E-state index in [0.29, 0.717) is 6.04 Å². The van der Waals surface area contributed by atoms with Crippen molar-refractivity contribution in [3.05, 3.63) is 90.5 Å². The van der Waals surface area contributed by atoms with Gasteiger partial charge in [-0.1, -0.05) is 54.6 Å². The first-order valence-corrected chi connectivity index (χ1v) is 10.8. The fourth-order valence-electron chi connectivity index (χ4n) is 4.15. The van der Waals surface area contributed by atoms with Crippen LogP contribution in [0.1, 0.15) is 24.4 Å². The van der Waals surface area contributed by atoms with Crippen LogP contribution in [0.15, 0.2) is 84.9 Å². The lowest BCUT2D eigenvalue weighted by Gasteiger charge is -2.37. The first-order valence-electron chi connectivity index (χ1n) is 10.8. The molecule has 1 aliphatic heterocycles. The first-order chi connectivity index (χ1) is 15.2. The Bertz CT molecular complexity index is 970. The predicted molar refractivity (Wildman–Crippen MR) is 125 cm³/mol. The molecule has 3 aromatic rings. The van der Waals surface area contributed by atoms with E-state index in [1.807, 2.05) is 72.8 Å². The van der Waals surface area contributed by atoms with Gasteiger partial charge in [-0.3, -0.25) is 9.69 Å². The van der Waals surface area contributed by atoms with Crippen LogP contribution in [-0.4, -0.2) is 37.0 Å². The van der Waals surface area contributed by atoms with Crippen molar-refractivity contribution in [2.24, 2.45) is 0 Å². The van der Waals surface area contributed by atoms with Crippen LogP contribution in [0.4, 0.5) is 11.4 Å². The van der Waals surface area contributed by atoms with Crippen LogP contribution < -0.4 is 15.4 Å². The van der Waals surface area contributed by atoms with Crippen LogP contribution in [0.3, 0.4) is 0 Å². The van der Waals surface area contributed by atoms with Crippen molar-refractivity contribution in [1.29, 1.82) is 0 Å². The fourth-order valence-corrected chi connectivity index (χ4v) is 4.15. The molecule has 2 N–H and O–H groups in total. The van der Waals surface area contributed by atoms with Gasteiger partial charge in [0, 0.05) is 36.6 Å². The lowest BCUT2D eigenvalue weighted by atomic mass is 9.98. The Hall–Kier alpha value is -3.31. The van der Waals surface area contributed by atoms with Gasteiger partial charge in [0.1, 0.15) is 11.8 Å². The minimum Gasteiger partial charge on any atom is -0.497 e. The van der Waals surface area contributed by atoms with E-state index in [0.717, 1.165) is 48.6 Å². The number of rotatable bonds is 7. The predicted octanol–water partition coefficient (Wildman–Crippen LogP) is 4.95. The lowest BCUT2D eigenvalue weighted by Crippen LogP contribution is -2.44. The average molecular weight is 416 g/mol. The highest BCUT2D eigenvalue weighted by Crippen LogP contribution is 2.28. The molecule has 31 heavy (non-hydrogen) atoms. The first kappa shape index (κ1) is 20.9. The molecule has 1 saturated heterocycles. The number of para-hydroxylation sites is 1. The van der Waals surface area contributed by atoms with Crippen molar-refractivity contribution in [3.63, 3.8) is 0 Å². The zero-order valence-corrected chi connectivity index (χ0v) is 17.8. The molecule has 5 heteroatoms. The molecule has 3 aromatic carbocycles. The molecule has 160 valence electrons. The van der Waals surface area contributed by atoms with E-state index >= 15 is 0 Å². The van der Waals surface area contributed by atoms with Gasteiger partial charge in [0.05, 0.1) is 7.11 Å². The monoisotopic (exact) mass is 415 g/mol. The number of hydrogen-bond acceptors (Lipinski definition) is 4. The maximum Gasteiger partial charge on any atom is 0.246 e. The number of carbonyl (C=O) groups excluding carboxylic acids is 1. The summed E-state index contributed by atoms with van der Waals surface area (Å²) in [5.41, 5.74) is 2.90. The Balaban J connectivity index is 1.46. The van der Waals surface area contributed by atoms with Crippen molar-refractivity contribution in [2.45, 2.75) is 24.9 Å². The largest absolute Gasteiger partial charge is 0.497 e. The number of nitrogens with zero attached hydrogens (tertiary/aromatic N) is 1. The Kier molecular flexibility index (Phi) is 6.85. The molecule has 0 aromatic heterocycles. The number of piperidine rings is 1. The smallest absolute Gasteiger partial charge is 0.246 e. The minimum absolute atomic E-state index is 0.0195. The van der Waals surface area contributed by atoms with Crippen LogP contribution in [0, 0.1) is 0 Å². The third-order valence-corrected chi connectivity index (χ3v) is 5.74. The van der Waals surface area contributed by atoms with Gasteiger partial charge < -0.3 is 15.4 Å². The number of hydrogen-bond donors (Lipinski definition) is 2. The number of carbonyl (C=O) groups is 1. The molecule has 0 spiro atoms. The second-order valence-corrected chi connectivity index (χ2v) is 7.86. The molecule has 0 aliphatic carbocycles. The van der Waals surface area contributed by atoms with Crippen LogP contribution in [-0.2, 0) is 4.79 Å². The zero-order valence-electron chi connectivity index (χ0n) is 17.8. The van der Waals surface area contributed by atoms with Crippen molar-refractivity contribution in [1.82, 2.24) is 4.90 Å². The Morgan fingerprint density at radius 1 is 0.903 bits per heavy atom. The maximum atomic E-state index is 13.4. The summed E-state index contributed by atoms with van der Waals surface area (Å²) in [7, 11) is 1.63. The molecule has 0 radical (unpaired) electrons. The van der Waals surface area contributed by atoms with Gasteiger partial charge in [0.15, 0.2) is 0 Å². The van der Waals surface area contributed by atoms with E-state index < -0.39 is 0 Å². The second-order valence-electron chi connectivity index (χ2n) is 7.86. The Morgan fingerprint density at radius 3 is 2.23 bits per heavy atom. The maximum absolute atomic E-state index is 13.4. The van der Waals surface area contributed by atoms with Gasteiger partial charge in [-0.15, -0.1) is 0 Å². The molecule has 1 heterocycles. The summed E-state index contributed by atoms with van der Waals surface area (Å²) in [6.45, 7) is 1.71. The third-order valence-electron chi connectivity index (χ3n) is 5.74. The summed E-state index contributed by atoms with van der Waals surface area (Å²) in [5.74, 6) is 0.704. The summed E-state index contributed by atoms with van der Waals surface area (Å²) in [5, 5.41) is 6.71. The number of methoxy groups -OCH3 is 1. The van der Waals surface area contributed by atoms with E-state index in [9.17, 15) is 4.79 Å². The molecule has 1 fully saturated rings. The number of anilines is 2. The summed E-state index contributed by atoms with van der Waals surface area (Å²) < 4.78 is 5.29. The number of ether oxygens (including phenoxy) is 1. The summed E-state index contributed by atoms with van der Waals surface area (Å²) in [6.07, 6.45) is 1.98. The SMILES string of the molecule is COc1cccc(NC(=O)C(c2ccccc2)N2CCC(Nc3ccccc3)CC2)c1. The van der Waals surface area contributed by atoms with Crippen molar-refractivity contribution in [3.8, 4) is 5.75 Å². The molecular weight excluding hydrogens is 386 g/mol. The molecule has 1 aliphatic rings. The number of amides is 1. The van der Waals surface area contributed by atoms with Crippen LogP contribution in [0.25, 0.3) is 0 Å². The third kappa shape index (κ3) is 5.44. The van der Waals surface area contributed by atoms with Gasteiger partial charge >= 0.3 is 0 Å². The van der Waals surface area contributed by atoms with Crippen molar-refractivity contribution < 1.29 is 9.53 Å². The van der Waals surface area contributed by atoms with Gasteiger partial charge in [-0.25, -0.2) is 0 Å². The quantitative estimate of drug-likeness (QED) is 0.573. The average Bonchev–Trinajstić information content (AvgIpc) is 2.82. The van der Waals surface area contributed by atoms with Gasteiger partial charge in [-0.05, 0) is 42.7 Å². The number of nitrogens with one attached hydrogen (secondary N) is 2. The lowest BCUT2D eigenvalue weighted by molar-refractivity contribution is -0.122. The highest BCUT2D eigenvalue weighted by molar-refractivity contribution is 5.95. The summed E-state index contributed by atoms with van der Waals surface area (Å²) >= 11 is 0. The fraction of sp³-hybridized carbons (Fsp3) is 0.269. The molecule has 1 amide bonds. The number of likely N-dealkylation sites (tertiary alicyclic amines) is 1. The topological polar surface area (TPSA) is 53.6 Å². The van der Waals surface area contributed by atoms with Crippen LogP contribution in [0.2, 0.25) is 0 Å². The molecule has 1 atom stereocenters. The highest BCUT2D eigenvalue weighted by Gasteiger charge is 2.31. The molecule has 0 bridgehead atoms.